The quantitative estimate of drug-likeness (QED) is 0.0195. The van der Waals surface area contributed by atoms with E-state index >= 15 is 0 Å². The number of rotatable bonds is 66. The summed E-state index contributed by atoms with van der Waals surface area (Å²) in [5.41, 5.74) is 0. The highest BCUT2D eigenvalue weighted by atomic mass is 16.7. The van der Waals surface area contributed by atoms with Crippen molar-refractivity contribution in [1.29, 1.82) is 0 Å². The first-order chi connectivity index (χ1) is 43.7. The summed E-state index contributed by atoms with van der Waals surface area (Å²) in [6, 6.07) is -0.826. The number of hydrogen-bond acceptors (Lipinski definition) is 10. The van der Waals surface area contributed by atoms with E-state index in [2.05, 4.69) is 79.9 Å². The molecule has 1 amide bonds. The largest absolute Gasteiger partial charge is 0.466 e. The van der Waals surface area contributed by atoms with Crippen LogP contribution >= 0.6 is 0 Å². The van der Waals surface area contributed by atoms with Crippen molar-refractivity contribution in [3.63, 3.8) is 0 Å². The molecule has 7 atom stereocenters. The second-order valence-electron chi connectivity index (χ2n) is 26.0. The van der Waals surface area contributed by atoms with E-state index in [1.165, 1.54) is 250 Å². The smallest absolute Gasteiger partial charge is 0.305 e. The van der Waals surface area contributed by atoms with E-state index in [0.29, 0.717) is 19.4 Å². The van der Waals surface area contributed by atoms with E-state index in [1.807, 2.05) is 6.08 Å². The van der Waals surface area contributed by atoms with Crippen LogP contribution in [0.2, 0.25) is 0 Å². The predicted molar refractivity (Wildman–Crippen MR) is 375 cm³/mol. The molecule has 11 nitrogen and oxygen atoms in total. The SMILES string of the molecule is CCCCCC/C=C\C/C=C\CCCCCCCC(=O)OCCCCCCCCCCCCC/C=C\C/C=C\CCCCCCCCCCCCCCCCCCCC(=O)NC(COC1OC(CO)C(O)C(O)C1O)C(O)/C=C/CC/C=C/CCCCCC. The molecular weight excluding hydrogens is 1110 g/mol. The molecule has 0 aliphatic carbocycles. The maximum Gasteiger partial charge on any atom is 0.305 e. The molecule has 1 rings (SSSR count). The highest BCUT2D eigenvalue weighted by Gasteiger charge is 2.44. The number of nitrogens with one attached hydrogen (secondary N) is 1. The Labute approximate surface area is 547 Å². The zero-order chi connectivity index (χ0) is 64.4. The topological polar surface area (TPSA) is 175 Å². The van der Waals surface area contributed by atoms with E-state index in [4.69, 9.17) is 14.2 Å². The Hall–Kier alpha value is -2.90. The number of esters is 1. The summed E-state index contributed by atoms with van der Waals surface area (Å²) in [7, 11) is 0. The Morgan fingerprint density at radius 2 is 0.764 bits per heavy atom. The first kappa shape index (κ1) is 84.1. The maximum atomic E-state index is 13.0. The van der Waals surface area contributed by atoms with Crippen LogP contribution in [-0.4, -0.2) is 100 Å². The summed E-state index contributed by atoms with van der Waals surface area (Å²) in [6.07, 6.45) is 80.7. The molecule has 11 heteroatoms. The Morgan fingerprint density at radius 1 is 0.416 bits per heavy atom. The van der Waals surface area contributed by atoms with Crippen molar-refractivity contribution in [3.8, 4) is 0 Å². The highest BCUT2D eigenvalue weighted by Crippen LogP contribution is 2.23. The molecule has 0 radical (unpaired) electrons. The summed E-state index contributed by atoms with van der Waals surface area (Å²) in [5.74, 6) is -0.195. The van der Waals surface area contributed by atoms with Crippen molar-refractivity contribution >= 4 is 11.9 Å². The van der Waals surface area contributed by atoms with E-state index in [9.17, 15) is 35.1 Å². The van der Waals surface area contributed by atoms with Crippen molar-refractivity contribution in [2.24, 2.45) is 0 Å². The zero-order valence-corrected chi connectivity index (χ0v) is 57.6. The van der Waals surface area contributed by atoms with Gasteiger partial charge >= 0.3 is 5.97 Å². The lowest BCUT2D eigenvalue weighted by Crippen LogP contribution is -2.60. The number of hydrogen-bond donors (Lipinski definition) is 6. The van der Waals surface area contributed by atoms with Gasteiger partial charge in [-0.2, -0.15) is 0 Å². The Kier molecular flexibility index (Phi) is 62.9. The number of aliphatic hydroxyl groups excluding tert-OH is 5. The van der Waals surface area contributed by atoms with Crippen molar-refractivity contribution < 1.29 is 49.3 Å². The maximum absolute atomic E-state index is 13.0. The van der Waals surface area contributed by atoms with Crippen molar-refractivity contribution in [3.05, 3.63) is 72.9 Å². The van der Waals surface area contributed by atoms with E-state index in [-0.39, 0.29) is 18.5 Å². The third-order valence-electron chi connectivity index (χ3n) is 17.5. The summed E-state index contributed by atoms with van der Waals surface area (Å²) >= 11 is 0. The van der Waals surface area contributed by atoms with Crippen LogP contribution in [0.25, 0.3) is 0 Å². The van der Waals surface area contributed by atoms with Crippen LogP contribution in [0, 0.1) is 0 Å². The molecule has 0 aromatic carbocycles. The van der Waals surface area contributed by atoms with Gasteiger partial charge in [-0.15, -0.1) is 0 Å². The molecule has 1 fully saturated rings. The van der Waals surface area contributed by atoms with Gasteiger partial charge in [0.2, 0.25) is 5.91 Å². The second kappa shape index (κ2) is 66.6. The minimum atomic E-state index is -1.58. The van der Waals surface area contributed by atoms with Gasteiger partial charge in [0.1, 0.15) is 24.4 Å². The number of unbranched alkanes of at least 4 members (excludes halogenated alkanes) is 42. The van der Waals surface area contributed by atoms with E-state index in [1.54, 1.807) is 6.08 Å². The molecule has 89 heavy (non-hydrogen) atoms. The van der Waals surface area contributed by atoms with Crippen LogP contribution in [0.1, 0.15) is 348 Å². The average molecular weight is 1250 g/mol. The molecule has 6 N–H and O–H groups in total. The molecule has 0 saturated carbocycles. The molecule has 1 heterocycles. The molecule has 1 saturated heterocycles. The van der Waals surface area contributed by atoms with Gasteiger partial charge in [-0.1, -0.05) is 299 Å². The molecular formula is C78H141NO10. The standard InChI is InChI=1S/C78H141NO10/c1-3-5-7-9-11-13-15-16-17-40-43-46-50-54-58-62-66-74(83)87-67-63-59-55-51-47-44-41-38-36-34-32-30-28-26-24-22-20-18-19-21-23-25-27-29-31-33-35-37-39-42-45-49-53-57-61-65-73(82)79-70(69-88-78-77(86)76(85)75(84)72(68-80)89-78)71(81)64-60-56-52-48-14-12-10-8-6-4-2/h13-15,17,20,22,26,28,40,48,60,64,70-72,75-78,80-81,84-86H,3-12,16,18-19,21,23-25,27,29-39,41-47,49-59,61-63,65-69H2,1-2H3,(H,79,82)/b15-13-,22-20-,28-26-,40-17-,48-14+,64-60+. The summed E-state index contributed by atoms with van der Waals surface area (Å²) < 4.78 is 16.7. The Balaban J connectivity index is 1.91. The third-order valence-corrected chi connectivity index (χ3v) is 17.5. The Bertz CT molecular complexity index is 1710. The van der Waals surface area contributed by atoms with Crippen LogP contribution in [-0.2, 0) is 23.8 Å². The lowest BCUT2D eigenvalue weighted by Gasteiger charge is -2.40. The van der Waals surface area contributed by atoms with Crippen LogP contribution in [0.5, 0.6) is 0 Å². The monoisotopic (exact) mass is 1250 g/mol. The fraction of sp³-hybridized carbons (Fsp3) is 0.821. The first-order valence-corrected chi connectivity index (χ1v) is 37.7. The summed E-state index contributed by atoms with van der Waals surface area (Å²) in [5, 5.41) is 54.3. The zero-order valence-electron chi connectivity index (χ0n) is 57.6. The van der Waals surface area contributed by atoms with Gasteiger partial charge in [0, 0.05) is 12.8 Å². The fourth-order valence-electron chi connectivity index (χ4n) is 11.6. The fourth-order valence-corrected chi connectivity index (χ4v) is 11.6. The molecule has 0 aromatic heterocycles. The average Bonchev–Trinajstić information content (AvgIpc) is 1.94. The molecule has 7 unspecified atom stereocenters. The normalized spacial score (nSPS) is 18.1. The van der Waals surface area contributed by atoms with Crippen LogP contribution in [0.3, 0.4) is 0 Å². The van der Waals surface area contributed by atoms with Crippen molar-refractivity contribution in [1.82, 2.24) is 5.32 Å². The molecule has 0 aromatic rings. The highest BCUT2D eigenvalue weighted by molar-refractivity contribution is 5.76. The minimum Gasteiger partial charge on any atom is -0.466 e. The first-order valence-electron chi connectivity index (χ1n) is 37.7. The van der Waals surface area contributed by atoms with Crippen LogP contribution in [0.15, 0.2) is 72.9 Å². The minimum absolute atomic E-state index is 0.00390. The lowest BCUT2D eigenvalue weighted by atomic mass is 9.99. The van der Waals surface area contributed by atoms with Gasteiger partial charge in [0.15, 0.2) is 6.29 Å². The molecule has 0 bridgehead atoms. The van der Waals surface area contributed by atoms with Gasteiger partial charge in [0.25, 0.3) is 0 Å². The molecule has 518 valence electrons. The number of carbonyl (C=O) groups is 2. The molecule has 0 spiro atoms. The summed E-state index contributed by atoms with van der Waals surface area (Å²) in [6.45, 7) is 4.29. The molecule has 1 aliphatic heterocycles. The number of carbonyl (C=O) groups excluding carboxylic acids is 2. The number of ether oxygens (including phenoxy) is 3. The lowest BCUT2D eigenvalue weighted by molar-refractivity contribution is -0.302. The van der Waals surface area contributed by atoms with Crippen molar-refractivity contribution in [2.45, 2.75) is 391 Å². The Morgan fingerprint density at radius 3 is 1.18 bits per heavy atom. The number of amides is 1. The second-order valence-corrected chi connectivity index (χ2v) is 26.0. The summed E-state index contributed by atoms with van der Waals surface area (Å²) in [4.78, 5) is 25.1. The van der Waals surface area contributed by atoms with Gasteiger partial charge in [-0.3, -0.25) is 9.59 Å². The van der Waals surface area contributed by atoms with E-state index in [0.717, 1.165) is 70.6 Å². The number of aliphatic hydroxyl groups is 5. The van der Waals surface area contributed by atoms with E-state index < -0.39 is 49.5 Å². The van der Waals surface area contributed by atoms with Gasteiger partial charge < -0.3 is 45.1 Å². The third kappa shape index (κ3) is 55.3. The number of allylic oxidation sites excluding steroid dienone is 11. The predicted octanol–water partition coefficient (Wildman–Crippen LogP) is 19.9. The molecule has 1 aliphatic rings. The van der Waals surface area contributed by atoms with Crippen LogP contribution < -0.4 is 5.32 Å². The van der Waals surface area contributed by atoms with Gasteiger partial charge in [0.05, 0.1) is 32.0 Å². The van der Waals surface area contributed by atoms with Gasteiger partial charge in [-0.25, -0.2) is 0 Å². The van der Waals surface area contributed by atoms with Gasteiger partial charge in [-0.05, 0) is 109 Å². The van der Waals surface area contributed by atoms with Crippen LogP contribution in [0.4, 0.5) is 0 Å². The van der Waals surface area contributed by atoms with Crippen molar-refractivity contribution in [2.75, 3.05) is 19.8 Å².